The van der Waals surface area contributed by atoms with Crippen LogP contribution in [-0.4, -0.2) is 27.7 Å². The van der Waals surface area contributed by atoms with Gasteiger partial charge in [0.15, 0.2) is 5.16 Å². The molecule has 0 atom stereocenters. The van der Waals surface area contributed by atoms with E-state index in [2.05, 4.69) is 20.6 Å². The monoisotopic (exact) mass is 360 g/mol. The average molecular weight is 360 g/mol. The third kappa shape index (κ3) is 6.80. The van der Waals surface area contributed by atoms with Crippen molar-refractivity contribution < 1.29 is 9.59 Å². The third-order valence-corrected chi connectivity index (χ3v) is 4.04. The van der Waals surface area contributed by atoms with Gasteiger partial charge in [0.1, 0.15) is 0 Å². The molecular weight excluding hydrogens is 340 g/mol. The van der Waals surface area contributed by atoms with E-state index >= 15 is 0 Å². The zero-order valence-electron chi connectivity index (χ0n) is 13.9. The van der Waals surface area contributed by atoms with Gasteiger partial charge in [-0.15, -0.1) is 0 Å². The minimum absolute atomic E-state index is 0.0166. The first-order valence-electron chi connectivity index (χ1n) is 7.91. The van der Waals surface area contributed by atoms with Crippen LogP contribution in [0.1, 0.15) is 24.6 Å². The predicted octanol–water partition coefficient (Wildman–Crippen LogP) is 1.84. The highest BCUT2D eigenvalue weighted by Crippen LogP contribution is 2.11. The molecule has 0 aliphatic rings. The predicted molar refractivity (Wildman–Crippen MR) is 96.4 cm³/mol. The largest absolute Gasteiger partial charge is 0.334 e. The molecule has 0 aliphatic heterocycles. The first kappa shape index (κ1) is 18.7. The molecule has 0 saturated carbocycles. The van der Waals surface area contributed by atoms with Crippen molar-refractivity contribution in [1.82, 2.24) is 20.6 Å². The number of nitrogens with one attached hydrogen (secondary N) is 3. The van der Waals surface area contributed by atoms with Crippen LogP contribution in [0, 0.1) is 0 Å². The number of aromatic nitrogens is 2. The zero-order chi connectivity index (χ0) is 18.1. The van der Waals surface area contributed by atoms with Crippen LogP contribution < -0.4 is 16.2 Å². The van der Waals surface area contributed by atoms with E-state index < -0.39 is 11.9 Å². The van der Waals surface area contributed by atoms with Crippen LogP contribution in [0.2, 0.25) is 0 Å². The molecule has 3 N–H and O–H groups in total. The summed E-state index contributed by atoms with van der Waals surface area (Å²) in [6, 6.07) is 10.3. The second-order valence-electron chi connectivity index (χ2n) is 5.30. The van der Waals surface area contributed by atoms with E-state index in [1.807, 2.05) is 37.3 Å². The minimum Gasteiger partial charge on any atom is -0.334 e. The van der Waals surface area contributed by atoms with Gasteiger partial charge in [0.25, 0.3) is 5.56 Å². The first-order chi connectivity index (χ1) is 12.1. The summed E-state index contributed by atoms with van der Waals surface area (Å²) in [5.74, 6) is -0.476. The number of benzene rings is 1. The smallest absolute Gasteiger partial charge is 0.321 e. The zero-order valence-corrected chi connectivity index (χ0v) is 14.7. The number of carbonyl (C=O) groups excluding carboxylic acids is 2. The molecule has 1 aromatic carbocycles. The molecule has 7 nitrogen and oxygen atoms in total. The fourth-order valence-electron chi connectivity index (χ4n) is 2.06. The van der Waals surface area contributed by atoms with Gasteiger partial charge < -0.3 is 10.3 Å². The molecule has 0 aliphatic carbocycles. The fourth-order valence-corrected chi connectivity index (χ4v) is 2.75. The summed E-state index contributed by atoms with van der Waals surface area (Å²) in [6.45, 7) is 2.33. The molecule has 0 radical (unpaired) electrons. The second kappa shape index (κ2) is 9.63. The van der Waals surface area contributed by atoms with Crippen LogP contribution in [0.25, 0.3) is 0 Å². The molecule has 132 valence electrons. The first-order valence-corrected chi connectivity index (χ1v) is 8.90. The molecule has 0 saturated heterocycles. The van der Waals surface area contributed by atoms with Crippen LogP contribution in [0.4, 0.5) is 4.79 Å². The van der Waals surface area contributed by atoms with Crippen LogP contribution >= 0.6 is 11.8 Å². The van der Waals surface area contributed by atoms with E-state index in [9.17, 15) is 14.4 Å². The lowest BCUT2D eigenvalue weighted by Gasteiger charge is -2.07. The lowest BCUT2D eigenvalue weighted by molar-refractivity contribution is -0.117. The van der Waals surface area contributed by atoms with E-state index in [1.165, 1.54) is 6.07 Å². The van der Waals surface area contributed by atoms with Crippen molar-refractivity contribution in [3.05, 3.63) is 58.0 Å². The van der Waals surface area contributed by atoms with E-state index in [1.54, 1.807) is 0 Å². The molecule has 2 rings (SSSR count). The number of aryl methyl sites for hydroxylation is 1. The van der Waals surface area contributed by atoms with Crippen molar-refractivity contribution >= 4 is 23.7 Å². The Hall–Kier alpha value is -2.61. The fraction of sp³-hybridized carbons (Fsp3) is 0.294. The molecular formula is C17H20N4O3S. The molecule has 0 bridgehead atoms. The molecule has 0 fully saturated rings. The van der Waals surface area contributed by atoms with Crippen LogP contribution in [0.3, 0.4) is 0 Å². The van der Waals surface area contributed by atoms with Crippen molar-refractivity contribution in [1.29, 1.82) is 0 Å². The van der Waals surface area contributed by atoms with Crippen molar-refractivity contribution in [2.45, 2.75) is 31.5 Å². The van der Waals surface area contributed by atoms with Gasteiger partial charge in [-0.25, -0.2) is 9.78 Å². The Morgan fingerprint density at radius 2 is 2.00 bits per heavy atom. The highest BCUT2D eigenvalue weighted by Gasteiger charge is 2.09. The number of urea groups is 1. The standard InChI is InChI=1S/C17H20N4O3S/c1-2-6-13-9-14(22)21-17(19-13)25-11-15(23)20-16(24)18-10-12-7-4-3-5-8-12/h3-5,7-9H,2,6,10-11H2,1H3,(H,19,21,22)(H2,18,20,23,24). The molecule has 8 heteroatoms. The van der Waals surface area contributed by atoms with E-state index in [4.69, 9.17) is 0 Å². The number of H-pyrrole nitrogens is 1. The van der Waals surface area contributed by atoms with Crippen LogP contribution in [-0.2, 0) is 17.8 Å². The van der Waals surface area contributed by atoms with Gasteiger partial charge in [0.05, 0.1) is 5.75 Å². The molecule has 0 spiro atoms. The Kier molecular flexibility index (Phi) is 7.21. The minimum atomic E-state index is -0.560. The number of rotatable bonds is 7. The second-order valence-corrected chi connectivity index (χ2v) is 6.26. The number of carbonyl (C=O) groups is 2. The number of nitrogens with zero attached hydrogens (tertiary/aromatic N) is 1. The number of amides is 3. The quantitative estimate of drug-likeness (QED) is 0.516. The molecule has 1 aromatic heterocycles. The van der Waals surface area contributed by atoms with Gasteiger partial charge in [0.2, 0.25) is 5.91 Å². The molecule has 2 aromatic rings. The number of hydrogen-bond donors (Lipinski definition) is 3. The maximum Gasteiger partial charge on any atom is 0.321 e. The van der Waals surface area contributed by atoms with E-state index in [0.29, 0.717) is 23.8 Å². The maximum absolute atomic E-state index is 11.8. The maximum atomic E-state index is 11.8. The molecule has 1 heterocycles. The number of thioether (sulfide) groups is 1. The summed E-state index contributed by atoms with van der Waals surface area (Å²) in [6.07, 6.45) is 1.58. The van der Waals surface area contributed by atoms with Crippen molar-refractivity contribution in [2.75, 3.05) is 5.75 Å². The van der Waals surface area contributed by atoms with E-state index in [0.717, 1.165) is 23.7 Å². The van der Waals surface area contributed by atoms with Crippen LogP contribution in [0.5, 0.6) is 0 Å². The van der Waals surface area contributed by atoms with Crippen molar-refractivity contribution in [3.63, 3.8) is 0 Å². The Labute approximate surface area is 149 Å². The summed E-state index contributed by atoms with van der Waals surface area (Å²) in [5, 5.41) is 5.23. The number of aromatic amines is 1. The topological polar surface area (TPSA) is 104 Å². The number of imide groups is 1. The van der Waals surface area contributed by atoms with Gasteiger partial charge in [-0.05, 0) is 12.0 Å². The highest BCUT2D eigenvalue weighted by molar-refractivity contribution is 7.99. The molecule has 3 amide bonds. The summed E-state index contributed by atoms with van der Waals surface area (Å²) in [4.78, 5) is 41.9. The van der Waals surface area contributed by atoms with Gasteiger partial charge in [-0.1, -0.05) is 55.4 Å². The Balaban J connectivity index is 1.78. The highest BCUT2D eigenvalue weighted by atomic mass is 32.2. The van der Waals surface area contributed by atoms with Crippen LogP contribution in [0.15, 0.2) is 46.3 Å². The van der Waals surface area contributed by atoms with Gasteiger partial charge in [-0.3, -0.25) is 14.9 Å². The third-order valence-electron chi connectivity index (χ3n) is 3.17. The normalized spacial score (nSPS) is 10.3. The van der Waals surface area contributed by atoms with Gasteiger partial charge in [-0.2, -0.15) is 0 Å². The summed E-state index contributed by atoms with van der Waals surface area (Å²) in [7, 11) is 0. The number of hydrogen-bond acceptors (Lipinski definition) is 5. The summed E-state index contributed by atoms with van der Waals surface area (Å²) >= 11 is 1.08. The lowest BCUT2D eigenvalue weighted by atomic mass is 10.2. The Morgan fingerprint density at radius 1 is 1.24 bits per heavy atom. The average Bonchev–Trinajstić information content (AvgIpc) is 2.59. The van der Waals surface area contributed by atoms with Gasteiger partial charge in [0, 0.05) is 18.3 Å². The lowest BCUT2D eigenvalue weighted by Crippen LogP contribution is -2.40. The van der Waals surface area contributed by atoms with E-state index in [-0.39, 0.29) is 11.3 Å². The summed E-state index contributed by atoms with van der Waals surface area (Å²) < 4.78 is 0. The van der Waals surface area contributed by atoms with Crippen molar-refractivity contribution in [2.24, 2.45) is 0 Å². The summed E-state index contributed by atoms with van der Waals surface area (Å²) in [5.41, 5.74) is 1.38. The van der Waals surface area contributed by atoms with Gasteiger partial charge >= 0.3 is 6.03 Å². The SMILES string of the molecule is CCCc1cc(=O)[nH]c(SCC(=O)NC(=O)NCc2ccccc2)n1. The Morgan fingerprint density at radius 3 is 2.72 bits per heavy atom. The van der Waals surface area contributed by atoms with Crippen molar-refractivity contribution in [3.8, 4) is 0 Å². The molecule has 0 unspecified atom stereocenters. The Bertz CT molecular complexity index is 777. The molecule has 25 heavy (non-hydrogen) atoms.